The number of aromatic amines is 1. The fourth-order valence-electron chi connectivity index (χ4n) is 2.79. The smallest absolute Gasteiger partial charge is 0.323 e. The second-order valence-electron chi connectivity index (χ2n) is 5.31. The molecule has 1 aromatic heterocycles. The van der Waals surface area contributed by atoms with Crippen molar-refractivity contribution in [3.05, 3.63) is 53.1 Å². The van der Waals surface area contributed by atoms with Crippen molar-refractivity contribution in [2.75, 3.05) is 13.1 Å². The Bertz CT molecular complexity index is 793. The number of rotatable bonds is 3. The molecule has 1 aliphatic heterocycles. The van der Waals surface area contributed by atoms with E-state index in [0.29, 0.717) is 12.1 Å². The Kier molecular flexibility index (Phi) is 4.15. The molecule has 0 radical (unpaired) electrons. The van der Waals surface area contributed by atoms with Crippen molar-refractivity contribution in [1.29, 1.82) is 0 Å². The summed E-state index contributed by atoms with van der Waals surface area (Å²) in [5.41, 5.74) is 1.11. The molecule has 2 amide bonds. The molecule has 2 aromatic rings. The number of hydrogen-bond acceptors (Lipinski definition) is 3. The monoisotopic (exact) mass is 336 g/mol. The zero-order valence-electron chi connectivity index (χ0n) is 12.4. The summed E-state index contributed by atoms with van der Waals surface area (Å²) in [6, 6.07) is 2.10. The first kappa shape index (κ1) is 15.9. The highest BCUT2D eigenvalue weighted by molar-refractivity contribution is 5.80. The predicted molar refractivity (Wildman–Crippen MR) is 78.2 cm³/mol. The number of carbonyl (C=O) groups excluding carboxylic acids is 1. The number of fused-ring (bicyclic) bond motifs is 1. The van der Waals surface area contributed by atoms with Gasteiger partial charge in [0.15, 0.2) is 11.6 Å². The van der Waals surface area contributed by atoms with Gasteiger partial charge in [-0.3, -0.25) is 4.79 Å². The van der Waals surface area contributed by atoms with E-state index in [1.54, 1.807) is 0 Å². The van der Waals surface area contributed by atoms with E-state index in [-0.39, 0.29) is 12.1 Å². The van der Waals surface area contributed by atoms with Gasteiger partial charge in [0.1, 0.15) is 12.6 Å². The Balaban J connectivity index is 2.01. The summed E-state index contributed by atoms with van der Waals surface area (Å²) in [5.74, 6) is -3.29. The minimum atomic E-state index is -1.20. The zero-order chi connectivity index (χ0) is 17.3. The first-order chi connectivity index (χ1) is 11.5. The number of halogens is 2. The number of nitrogens with one attached hydrogen (secondary N) is 2. The maximum atomic E-state index is 14.3. The van der Waals surface area contributed by atoms with E-state index in [9.17, 15) is 18.4 Å². The molecule has 3 N–H and O–H groups in total. The molecule has 7 nitrogen and oxygen atoms in total. The van der Waals surface area contributed by atoms with Crippen LogP contribution in [0.4, 0.5) is 13.6 Å². The molecule has 1 aromatic carbocycles. The molecule has 24 heavy (non-hydrogen) atoms. The largest absolute Gasteiger partial charge is 0.480 e. The normalized spacial score (nSPS) is 16.6. The Morgan fingerprint density at radius 2 is 2.21 bits per heavy atom. The molecular weight excluding hydrogens is 322 g/mol. The van der Waals surface area contributed by atoms with Gasteiger partial charge in [-0.2, -0.15) is 0 Å². The Morgan fingerprint density at radius 3 is 2.96 bits per heavy atom. The molecule has 0 saturated carbocycles. The van der Waals surface area contributed by atoms with Crippen LogP contribution in [0.25, 0.3) is 0 Å². The molecule has 0 aliphatic carbocycles. The van der Waals surface area contributed by atoms with Gasteiger partial charge in [-0.05, 0) is 6.07 Å². The minimum Gasteiger partial charge on any atom is -0.480 e. The van der Waals surface area contributed by atoms with Crippen LogP contribution in [0, 0.1) is 11.6 Å². The highest BCUT2D eigenvalue weighted by atomic mass is 19.2. The van der Waals surface area contributed by atoms with E-state index >= 15 is 0 Å². The van der Waals surface area contributed by atoms with Crippen LogP contribution in [-0.2, 0) is 11.2 Å². The van der Waals surface area contributed by atoms with Gasteiger partial charge in [-0.25, -0.2) is 18.6 Å². The van der Waals surface area contributed by atoms with Gasteiger partial charge < -0.3 is 20.3 Å². The Labute approximate surface area is 135 Å². The van der Waals surface area contributed by atoms with Gasteiger partial charge >= 0.3 is 12.0 Å². The summed E-state index contributed by atoms with van der Waals surface area (Å²) in [5, 5.41) is 10.9. The van der Waals surface area contributed by atoms with Crippen molar-refractivity contribution in [2.24, 2.45) is 0 Å². The van der Waals surface area contributed by atoms with Crippen molar-refractivity contribution in [3.63, 3.8) is 0 Å². The number of benzene rings is 1. The second-order valence-corrected chi connectivity index (χ2v) is 5.31. The Hall–Kier alpha value is -2.97. The molecule has 3 rings (SSSR count). The third-order valence-corrected chi connectivity index (χ3v) is 3.85. The third kappa shape index (κ3) is 2.80. The number of imidazole rings is 1. The fraction of sp³-hybridized carbons (Fsp3) is 0.267. The molecule has 0 bridgehead atoms. The Morgan fingerprint density at radius 1 is 1.42 bits per heavy atom. The van der Waals surface area contributed by atoms with E-state index < -0.39 is 36.2 Å². The number of H-pyrrole nitrogens is 1. The average molecular weight is 336 g/mol. The number of urea groups is 1. The molecule has 0 unspecified atom stereocenters. The van der Waals surface area contributed by atoms with E-state index in [1.807, 2.05) is 0 Å². The van der Waals surface area contributed by atoms with Gasteiger partial charge in [0.25, 0.3) is 0 Å². The van der Waals surface area contributed by atoms with Gasteiger partial charge in [0.05, 0.1) is 12.0 Å². The van der Waals surface area contributed by atoms with Crippen LogP contribution in [0.15, 0.2) is 24.5 Å². The van der Waals surface area contributed by atoms with Crippen molar-refractivity contribution >= 4 is 12.0 Å². The number of hydrogen-bond donors (Lipinski definition) is 3. The number of aromatic nitrogens is 2. The summed E-state index contributed by atoms with van der Waals surface area (Å²) in [6.45, 7) is -0.359. The second kappa shape index (κ2) is 6.26. The quantitative estimate of drug-likeness (QED) is 0.790. The molecule has 0 spiro atoms. The molecule has 0 saturated heterocycles. The molecular formula is C15H14F2N4O3. The summed E-state index contributed by atoms with van der Waals surface area (Å²) in [7, 11) is 0. The summed E-state index contributed by atoms with van der Waals surface area (Å²) in [6.07, 6.45) is 1.87. The lowest BCUT2D eigenvalue weighted by Gasteiger charge is -2.35. The highest BCUT2D eigenvalue weighted by Crippen LogP contribution is 2.35. The topological polar surface area (TPSA) is 98.3 Å². The van der Waals surface area contributed by atoms with Crippen LogP contribution >= 0.6 is 0 Å². The summed E-state index contributed by atoms with van der Waals surface area (Å²) < 4.78 is 27.9. The van der Waals surface area contributed by atoms with Crippen LogP contribution in [0.2, 0.25) is 0 Å². The number of carboxylic acids is 1. The molecule has 1 atom stereocenters. The lowest BCUT2D eigenvalue weighted by molar-refractivity contribution is -0.135. The fourth-order valence-corrected chi connectivity index (χ4v) is 2.79. The van der Waals surface area contributed by atoms with Crippen molar-refractivity contribution in [1.82, 2.24) is 20.2 Å². The molecule has 126 valence electrons. The highest BCUT2D eigenvalue weighted by Gasteiger charge is 2.36. The summed E-state index contributed by atoms with van der Waals surface area (Å²) >= 11 is 0. The third-order valence-electron chi connectivity index (χ3n) is 3.85. The number of carboxylic acid groups (broad SMARTS) is 1. The first-order valence-electron chi connectivity index (χ1n) is 7.21. The number of aliphatic carboxylic acids is 1. The van der Waals surface area contributed by atoms with Gasteiger partial charge in [0.2, 0.25) is 0 Å². The van der Waals surface area contributed by atoms with Gasteiger partial charge in [-0.15, -0.1) is 0 Å². The number of nitrogens with zero attached hydrogens (tertiary/aromatic N) is 2. The lowest BCUT2D eigenvalue weighted by atomic mass is 9.95. The molecule has 2 heterocycles. The van der Waals surface area contributed by atoms with Gasteiger partial charge in [0, 0.05) is 24.2 Å². The van der Waals surface area contributed by atoms with Crippen LogP contribution in [0.5, 0.6) is 0 Å². The SMILES string of the molecule is O=C(O)CNC(=O)N1CCc2[nH]cnc2[C@@H]1c1cccc(F)c1F. The van der Waals surface area contributed by atoms with E-state index in [2.05, 4.69) is 15.3 Å². The summed E-state index contributed by atoms with van der Waals surface area (Å²) in [4.78, 5) is 31.3. The van der Waals surface area contributed by atoms with Crippen LogP contribution in [0.3, 0.4) is 0 Å². The van der Waals surface area contributed by atoms with Crippen molar-refractivity contribution in [2.45, 2.75) is 12.5 Å². The standard InChI is InChI=1S/C15H14F2N4O3/c16-9-3-1-2-8(12(9)17)14-13-10(19-7-20-13)4-5-21(14)15(24)18-6-11(22)23/h1-3,7,14H,4-6H2,(H,18,24)(H,19,20)(H,22,23)/t14-/m0/s1. The maximum Gasteiger partial charge on any atom is 0.323 e. The predicted octanol–water partition coefficient (Wildman–Crippen LogP) is 1.43. The van der Waals surface area contributed by atoms with E-state index in [0.717, 1.165) is 11.8 Å². The van der Waals surface area contributed by atoms with Crippen molar-refractivity contribution in [3.8, 4) is 0 Å². The molecule has 0 fully saturated rings. The minimum absolute atomic E-state index is 0.0338. The molecule has 1 aliphatic rings. The van der Waals surface area contributed by atoms with Gasteiger partial charge in [-0.1, -0.05) is 12.1 Å². The van der Waals surface area contributed by atoms with E-state index in [4.69, 9.17) is 5.11 Å². The van der Waals surface area contributed by atoms with Crippen LogP contribution in [0.1, 0.15) is 23.0 Å². The number of amides is 2. The van der Waals surface area contributed by atoms with E-state index in [1.165, 1.54) is 23.4 Å². The maximum absolute atomic E-state index is 14.3. The lowest BCUT2D eigenvalue weighted by Crippen LogP contribution is -2.47. The van der Waals surface area contributed by atoms with Crippen LogP contribution in [-0.4, -0.2) is 45.1 Å². The number of carbonyl (C=O) groups is 2. The molecule has 9 heteroatoms. The van der Waals surface area contributed by atoms with Crippen molar-refractivity contribution < 1.29 is 23.5 Å². The average Bonchev–Trinajstić information content (AvgIpc) is 3.03. The van der Waals surface area contributed by atoms with Crippen LogP contribution < -0.4 is 5.32 Å². The first-order valence-corrected chi connectivity index (χ1v) is 7.21. The zero-order valence-corrected chi connectivity index (χ0v) is 12.4.